The molecular formula is C29H32N4O6. The van der Waals surface area contributed by atoms with E-state index in [0.29, 0.717) is 19.4 Å². The fourth-order valence-electron chi connectivity index (χ4n) is 4.91. The Bertz CT molecular complexity index is 1230. The van der Waals surface area contributed by atoms with Crippen molar-refractivity contribution in [1.29, 1.82) is 0 Å². The van der Waals surface area contributed by atoms with Gasteiger partial charge in [-0.05, 0) is 42.7 Å². The van der Waals surface area contributed by atoms with E-state index in [9.17, 15) is 14.7 Å². The van der Waals surface area contributed by atoms with Gasteiger partial charge in [-0.2, -0.15) is 0 Å². The zero-order valence-electron chi connectivity index (χ0n) is 21.5. The topological polar surface area (TPSA) is 123 Å². The molecule has 0 aliphatic carbocycles. The second kappa shape index (κ2) is 12.8. The first kappa shape index (κ1) is 26.7. The molecule has 3 heterocycles. The molecule has 5 rings (SSSR count). The van der Waals surface area contributed by atoms with Crippen LogP contribution in [0, 0.1) is 0 Å². The number of fused-ring (bicyclic) bond motifs is 1. The van der Waals surface area contributed by atoms with Crippen LogP contribution in [0.1, 0.15) is 35.3 Å². The summed E-state index contributed by atoms with van der Waals surface area (Å²) in [6.07, 6.45) is 4.29. The summed E-state index contributed by atoms with van der Waals surface area (Å²) in [6.45, 7) is 0.823. The number of carbonyl (C=O) groups is 2. The zero-order chi connectivity index (χ0) is 27.0. The van der Waals surface area contributed by atoms with Gasteiger partial charge in [-0.15, -0.1) is 0 Å². The molecule has 0 radical (unpaired) electrons. The van der Waals surface area contributed by atoms with Gasteiger partial charge in [0.05, 0.1) is 44.1 Å². The smallest absolute Gasteiger partial charge is 0.274 e. The van der Waals surface area contributed by atoms with Crippen LogP contribution in [0.25, 0.3) is 0 Å². The number of aliphatic hydroxyl groups is 1. The van der Waals surface area contributed by atoms with Gasteiger partial charge >= 0.3 is 0 Å². The molecule has 2 saturated heterocycles. The van der Waals surface area contributed by atoms with E-state index < -0.39 is 12.2 Å². The Labute approximate surface area is 226 Å². The number of nitrogens with one attached hydrogen (secondary N) is 1. The maximum Gasteiger partial charge on any atom is 0.274 e. The summed E-state index contributed by atoms with van der Waals surface area (Å²) in [6, 6.07) is 16.8. The lowest BCUT2D eigenvalue weighted by molar-refractivity contribution is -0.151. The van der Waals surface area contributed by atoms with Gasteiger partial charge in [-0.1, -0.05) is 30.3 Å². The summed E-state index contributed by atoms with van der Waals surface area (Å²) >= 11 is 0. The third-order valence-electron chi connectivity index (χ3n) is 6.83. The molecule has 3 aromatic rings. The van der Waals surface area contributed by atoms with Crippen molar-refractivity contribution in [3.05, 3.63) is 84.4 Å². The SMILES string of the molecule is O=C(C[C@H]1CC[C@@H]2[C@H](COC[C@H](O)CN2C(=O)c2cnccn2)O1)NCc1ccc(Oc2ccccc2)cc1. The van der Waals surface area contributed by atoms with Crippen molar-refractivity contribution < 1.29 is 28.9 Å². The van der Waals surface area contributed by atoms with E-state index in [1.165, 1.54) is 18.6 Å². The van der Waals surface area contributed by atoms with E-state index in [2.05, 4.69) is 15.3 Å². The van der Waals surface area contributed by atoms with Crippen LogP contribution in [0.5, 0.6) is 11.5 Å². The number of hydrogen-bond donors (Lipinski definition) is 2. The predicted octanol–water partition coefficient (Wildman–Crippen LogP) is 2.72. The lowest BCUT2D eigenvalue weighted by atomic mass is 9.94. The van der Waals surface area contributed by atoms with Crippen LogP contribution in [-0.4, -0.2) is 75.9 Å². The van der Waals surface area contributed by atoms with Crippen molar-refractivity contribution in [3.63, 3.8) is 0 Å². The van der Waals surface area contributed by atoms with Crippen molar-refractivity contribution in [2.24, 2.45) is 0 Å². The first-order chi connectivity index (χ1) is 19.0. The Balaban J connectivity index is 1.13. The number of benzene rings is 2. The summed E-state index contributed by atoms with van der Waals surface area (Å²) in [5, 5.41) is 13.3. The van der Waals surface area contributed by atoms with E-state index in [0.717, 1.165) is 17.1 Å². The number of nitrogens with zero attached hydrogens (tertiary/aromatic N) is 3. The quantitative estimate of drug-likeness (QED) is 0.476. The summed E-state index contributed by atoms with van der Waals surface area (Å²) in [5.74, 6) is 1.07. The third kappa shape index (κ3) is 7.17. The molecule has 204 valence electrons. The van der Waals surface area contributed by atoms with Crippen molar-refractivity contribution >= 4 is 11.8 Å². The molecule has 0 bridgehead atoms. The average molecular weight is 533 g/mol. The highest BCUT2D eigenvalue weighted by Gasteiger charge is 2.40. The van der Waals surface area contributed by atoms with E-state index in [1.807, 2.05) is 54.6 Å². The molecule has 10 heteroatoms. The highest BCUT2D eigenvalue weighted by atomic mass is 16.5. The fraction of sp³-hybridized carbons (Fsp3) is 0.379. The zero-order valence-corrected chi connectivity index (χ0v) is 21.5. The van der Waals surface area contributed by atoms with Crippen LogP contribution in [0.2, 0.25) is 0 Å². The fourth-order valence-corrected chi connectivity index (χ4v) is 4.91. The number of aliphatic hydroxyl groups excluding tert-OH is 1. The minimum atomic E-state index is -0.811. The number of β-amino-alcohol motifs (C(OH)–C–C–N with tert-alkyl or cyclic N) is 1. The number of amides is 2. The highest BCUT2D eigenvalue weighted by molar-refractivity contribution is 5.92. The van der Waals surface area contributed by atoms with Gasteiger partial charge < -0.3 is 29.5 Å². The van der Waals surface area contributed by atoms with Gasteiger partial charge in [-0.25, -0.2) is 4.98 Å². The number of ether oxygens (including phenoxy) is 3. The molecule has 4 atom stereocenters. The summed E-state index contributed by atoms with van der Waals surface area (Å²) in [4.78, 5) is 35.6. The van der Waals surface area contributed by atoms with E-state index >= 15 is 0 Å². The monoisotopic (exact) mass is 532 g/mol. The van der Waals surface area contributed by atoms with Gasteiger partial charge in [0.1, 0.15) is 23.3 Å². The van der Waals surface area contributed by atoms with Crippen LogP contribution in [-0.2, 0) is 20.8 Å². The third-order valence-corrected chi connectivity index (χ3v) is 6.83. The van der Waals surface area contributed by atoms with Crippen LogP contribution in [0.4, 0.5) is 0 Å². The average Bonchev–Trinajstić information content (AvgIpc) is 2.96. The molecule has 2 N–H and O–H groups in total. The molecule has 0 unspecified atom stereocenters. The molecule has 10 nitrogen and oxygen atoms in total. The first-order valence-electron chi connectivity index (χ1n) is 13.1. The second-order valence-corrected chi connectivity index (χ2v) is 9.72. The van der Waals surface area contributed by atoms with Gasteiger partial charge in [-0.3, -0.25) is 14.6 Å². The Morgan fingerprint density at radius 3 is 2.59 bits per heavy atom. The summed E-state index contributed by atoms with van der Waals surface area (Å²) < 4.78 is 17.7. The van der Waals surface area contributed by atoms with Crippen LogP contribution in [0.15, 0.2) is 73.2 Å². The van der Waals surface area contributed by atoms with Gasteiger partial charge in [0.2, 0.25) is 5.91 Å². The van der Waals surface area contributed by atoms with E-state index in [-0.39, 0.29) is 55.8 Å². The number of aromatic nitrogens is 2. The van der Waals surface area contributed by atoms with Gasteiger partial charge in [0.25, 0.3) is 5.91 Å². The summed E-state index contributed by atoms with van der Waals surface area (Å²) in [5.41, 5.74) is 1.17. The molecule has 2 aliphatic heterocycles. The normalized spacial score (nSPS) is 23.2. The standard InChI is InChI=1S/C29H32N4O6/c34-21-17-33(29(36)25-16-30-12-13-31-25)26-11-10-24(39-27(26)19-37-18-21)14-28(35)32-15-20-6-8-23(9-7-20)38-22-4-2-1-3-5-22/h1-9,12-13,16,21,24,26-27,34H,10-11,14-15,17-19H2,(H,32,35)/t21-,24-,26-,27+/m1/s1. The molecule has 1 aromatic heterocycles. The molecule has 2 amide bonds. The lowest BCUT2D eigenvalue weighted by Gasteiger charge is -2.44. The van der Waals surface area contributed by atoms with Crippen molar-refractivity contribution in [1.82, 2.24) is 20.2 Å². The Morgan fingerprint density at radius 2 is 1.82 bits per heavy atom. The largest absolute Gasteiger partial charge is 0.457 e. The minimum absolute atomic E-state index is 0.0944. The van der Waals surface area contributed by atoms with Crippen molar-refractivity contribution in [2.45, 2.75) is 50.2 Å². The van der Waals surface area contributed by atoms with Crippen LogP contribution in [0.3, 0.4) is 0 Å². The number of rotatable bonds is 7. The summed E-state index contributed by atoms with van der Waals surface area (Å²) in [7, 11) is 0. The highest BCUT2D eigenvalue weighted by Crippen LogP contribution is 2.28. The van der Waals surface area contributed by atoms with Gasteiger partial charge in [0, 0.05) is 25.5 Å². The van der Waals surface area contributed by atoms with Crippen LogP contribution < -0.4 is 10.1 Å². The van der Waals surface area contributed by atoms with Crippen LogP contribution >= 0.6 is 0 Å². The molecule has 2 fully saturated rings. The first-order valence-corrected chi connectivity index (χ1v) is 13.1. The number of para-hydroxylation sites is 1. The molecule has 2 aliphatic rings. The van der Waals surface area contributed by atoms with Crippen molar-refractivity contribution in [2.75, 3.05) is 19.8 Å². The Hall–Kier alpha value is -3.86. The van der Waals surface area contributed by atoms with Crippen molar-refractivity contribution in [3.8, 4) is 11.5 Å². The molecule has 2 aromatic carbocycles. The lowest BCUT2D eigenvalue weighted by Crippen LogP contribution is -2.57. The maximum atomic E-state index is 13.2. The molecule has 0 spiro atoms. The van der Waals surface area contributed by atoms with E-state index in [1.54, 1.807) is 4.90 Å². The minimum Gasteiger partial charge on any atom is -0.457 e. The molecule has 0 saturated carbocycles. The Kier molecular flexibility index (Phi) is 8.77. The molecule has 39 heavy (non-hydrogen) atoms. The maximum absolute atomic E-state index is 13.2. The second-order valence-electron chi connectivity index (χ2n) is 9.72. The Morgan fingerprint density at radius 1 is 1.03 bits per heavy atom. The number of hydrogen-bond acceptors (Lipinski definition) is 8. The van der Waals surface area contributed by atoms with Gasteiger partial charge in [0.15, 0.2) is 0 Å². The molecular weight excluding hydrogens is 500 g/mol. The van der Waals surface area contributed by atoms with E-state index in [4.69, 9.17) is 14.2 Å². The number of carbonyl (C=O) groups excluding carboxylic acids is 2. The predicted molar refractivity (Wildman–Crippen MR) is 141 cm³/mol.